The first kappa shape index (κ1) is 18.7. The Hall–Kier alpha value is -2.10. The Balaban J connectivity index is 1.63. The van der Waals surface area contributed by atoms with Crippen LogP contribution in [0, 0.1) is 5.92 Å². The summed E-state index contributed by atoms with van der Waals surface area (Å²) in [6.45, 7) is -1.04. The maximum Gasteiger partial charge on any atom is 0.422 e. The monoisotopic (exact) mass is 432 g/mol. The number of aliphatic imine (C=N–C) groups is 1. The fourth-order valence-corrected chi connectivity index (χ4v) is 2.83. The molecule has 0 saturated heterocycles. The highest BCUT2D eigenvalue weighted by Crippen LogP contribution is 2.29. The van der Waals surface area contributed by atoms with Crippen molar-refractivity contribution >= 4 is 28.1 Å². The maximum absolute atomic E-state index is 12.2. The Morgan fingerprint density at radius 2 is 2.19 bits per heavy atom. The first-order chi connectivity index (χ1) is 12.3. The number of hydrogen-bond acceptors (Lipinski definition) is 5. The molecule has 0 radical (unpaired) electrons. The van der Waals surface area contributed by atoms with Gasteiger partial charge < -0.3 is 15.0 Å². The molecule has 1 fully saturated rings. The fourth-order valence-electron chi connectivity index (χ4n) is 2.32. The molecule has 1 amide bonds. The highest BCUT2D eigenvalue weighted by atomic mass is 79.9. The zero-order valence-corrected chi connectivity index (χ0v) is 15.1. The van der Waals surface area contributed by atoms with Crippen LogP contribution in [0.2, 0.25) is 0 Å². The number of ether oxygens (including phenoxy) is 1. The zero-order chi connectivity index (χ0) is 18.7. The average molecular weight is 433 g/mol. The molecule has 1 aliphatic heterocycles. The largest absolute Gasteiger partial charge is 0.467 e. The summed E-state index contributed by atoms with van der Waals surface area (Å²) in [7, 11) is 0. The Labute approximate surface area is 156 Å². The van der Waals surface area contributed by atoms with E-state index in [1.54, 1.807) is 29.5 Å². The van der Waals surface area contributed by atoms with Crippen LogP contribution in [-0.4, -0.2) is 41.1 Å². The molecule has 1 atom stereocenters. The molecule has 140 valence electrons. The fraction of sp³-hybridized carbons (Fsp3) is 0.438. The lowest BCUT2D eigenvalue weighted by Crippen LogP contribution is -2.45. The quantitative estimate of drug-likeness (QED) is 0.750. The number of nitrogens with zero attached hydrogens (tertiary/aromatic N) is 3. The topological polar surface area (TPSA) is 66.8 Å². The third kappa shape index (κ3) is 5.20. The van der Waals surface area contributed by atoms with E-state index in [1.165, 1.54) is 6.20 Å². The molecular weight excluding hydrogens is 417 g/mol. The van der Waals surface area contributed by atoms with Gasteiger partial charge in [0.25, 0.3) is 0 Å². The third-order valence-corrected chi connectivity index (χ3v) is 4.29. The lowest BCUT2D eigenvalue weighted by Gasteiger charge is -2.30. The Kier molecular flexibility index (Phi) is 5.49. The van der Waals surface area contributed by atoms with Crippen LogP contribution in [0.25, 0.3) is 0 Å². The van der Waals surface area contributed by atoms with Gasteiger partial charge in [0.1, 0.15) is 0 Å². The molecule has 1 saturated carbocycles. The van der Waals surface area contributed by atoms with Gasteiger partial charge in [0, 0.05) is 31.1 Å². The second-order valence-electron chi connectivity index (χ2n) is 6.00. The molecule has 3 rings (SSSR count). The van der Waals surface area contributed by atoms with Crippen LogP contribution in [0.3, 0.4) is 0 Å². The maximum atomic E-state index is 12.2. The molecule has 0 bridgehead atoms. The summed E-state index contributed by atoms with van der Waals surface area (Å²) in [6.07, 6.45) is 3.41. The van der Waals surface area contributed by atoms with E-state index in [9.17, 15) is 18.0 Å². The predicted molar refractivity (Wildman–Crippen MR) is 91.3 cm³/mol. The van der Waals surface area contributed by atoms with E-state index in [-0.39, 0.29) is 17.7 Å². The zero-order valence-electron chi connectivity index (χ0n) is 13.5. The molecule has 1 unspecified atom stereocenters. The summed E-state index contributed by atoms with van der Waals surface area (Å²) >= 11 is 3.17. The Morgan fingerprint density at radius 1 is 1.42 bits per heavy atom. The van der Waals surface area contributed by atoms with Crippen molar-refractivity contribution < 1.29 is 22.7 Å². The van der Waals surface area contributed by atoms with Crippen LogP contribution in [-0.2, 0) is 11.3 Å². The number of amides is 1. The molecular formula is C16H16BrF3N4O2. The second kappa shape index (κ2) is 7.65. The van der Waals surface area contributed by atoms with Crippen molar-refractivity contribution in [3.05, 3.63) is 34.6 Å². The van der Waals surface area contributed by atoms with Crippen molar-refractivity contribution in [2.75, 3.05) is 6.61 Å². The number of alkyl halides is 3. The van der Waals surface area contributed by atoms with E-state index >= 15 is 0 Å². The number of pyridine rings is 1. The number of aromatic nitrogens is 1. The molecule has 6 nitrogen and oxygen atoms in total. The highest BCUT2D eigenvalue weighted by Gasteiger charge is 2.32. The van der Waals surface area contributed by atoms with Crippen molar-refractivity contribution in [1.29, 1.82) is 0 Å². The van der Waals surface area contributed by atoms with E-state index < -0.39 is 19.1 Å². The Morgan fingerprint density at radius 3 is 2.85 bits per heavy atom. The summed E-state index contributed by atoms with van der Waals surface area (Å²) in [5, 5.41) is 2.87. The van der Waals surface area contributed by atoms with E-state index in [0.29, 0.717) is 11.0 Å². The van der Waals surface area contributed by atoms with Crippen molar-refractivity contribution in [3.63, 3.8) is 0 Å². The predicted octanol–water partition coefficient (Wildman–Crippen LogP) is 3.00. The molecule has 26 heavy (non-hydrogen) atoms. The normalized spacial score (nSPS) is 19.5. The number of carbonyl (C=O) groups is 1. The smallest absolute Gasteiger partial charge is 0.422 e. The van der Waals surface area contributed by atoms with Crippen LogP contribution in [0.4, 0.5) is 13.2 Å². The third-order valence-electron chi connectivity index (χ3n) is 3.73. The number of hydrogen-bond donors (Lipinski definition) is 1. The minimum atomic E-state index is -4.43. The molecule has 2 aliphatic rings. The van der Waals surface area contributed by atoms with Gasteiger partial charge in [-0.3, -0.25) is 4.79 Å². The highest BCUT2D eigenvalue weighted by molar-refractivity contribution is 9.10. The number of rotatable bonds is 6. The molecule has 1 N–H and O–H groups in total. The summed E-state index contributed by atoms with van der Waals surface area (Å²) in [4.78, 5) is 21.9. The first-order valence-corrected chi connectivity index (χ1v) is 8.71. The molecule has 0 spiro atoms. The van der Waals surface area contributed by atoms with Gasteiger partial charge in [-0.05, 0) is 46.5 Å². The summed E-state index contributed by atoms with van der Waals surface area (Å²) < 4.78 is 41.7. The number of halogens is 4. The van der Waals surface area contributed by atoms with Gasteiger partial charge in [-0.15, -0.1) is 0 Å². The minimum Gasteiger partial charge on any atom is -0.467 e. The summed E-state index contributed by atoms with van der Waals surface area (Å²) in [5.41, 5.74) is 0.726. The van der Waals surface area contributed by atoms with Gasteiger partial charge in [-0.25, -0.2) is 9.98 Å². The van der Waals surface area contributed by atoms with Crippen molar-refractivity contribution in [2.24, 2.45) is 10.9 Å². The Bertz CT molecular complexity index is 735. The standard InChI is InChI=1S/C16H16BrF3N4O2/c17-12-6-10(7-22-14(12)26-9-16(18,19)20)8-24-5-1-4-21-15(24)23-13(25)11-2-3-11/h1,4-7,11,15H,2-3,8-9H2,(H,23,25). The van der Waals surface area contributed by atoms with Crippen LogP contribution in [0.5, 0.6) is 5.88 Å². The summed E-state index contributed by atoms with van der Waals surface area (Å²) in [6, 6.07) is 1.63. The molecule has 0 aromatic carbocycles. The van der Waals surface area contributed by atoms with Gasteiger partial charge in [-0.2, -0.15) is 13.2 Å². The SMILES string of the molecule is O=C(NC1N=CC=CN1Cc1cnc(OCC(F)(F)F)c(Br)c1)C1CC1. The second-order valence-corrected chi connectivity index (χ2v) is 6.86. The van der Waals surface area contributed by atoms with Crippen LogP contribution in [0.1, 0.15) is 18.4 Å². The van der Waals surface area contributed by atoms with Crippen LogP contribution >= 0.6 is 15.9 Å². The lowest BCUT2D eigenvalue weighted by molar-refractivity contribution is -0.154. The molecule has 1 aromatic rings. The first-order valence-electron chi connectivity index (χ1n) is 7.92. The van der Waals surface area contributed by atoms with E-state index in [4.69, 9.17) is 0 Å². The van der Waals surface area contributed by atoms with Crippen molar-refractivity contribution in [3.8, 4) is 5.88 Å². The minimum absolute atomic E-state index is 0.0253. The number of nitrogens with one attached hydrogen (secondary N) is 1. The molecule has 10 heteroatoms. The van der Waals surface area contributed by atoms with Crippen LogP contribution < -0.4 is 10.1 Å². The van der Waals surface area contributed by atoms with E-state index in [2.05, 4.69) is 36.0 Å². The van der Waals surface area contributed by atoms with Gasteiger partial charge in [-0.1, -0.05) is 0 Å². The molecule has 1 aliphatic carbocycles. The van der Waals surface area contributed by atoms with Gasteiger partial charge in [0.05, 0.1) is 4.47 Å². The van der Waals surface area contributed by atoms with Crippen molar-refractivity contribution in [2.45, 2.75) is 31.9 Å². The number of allylic oxidation sites excluding steroid dienone is 1. The summed E-state index contributed by atoms with van der Waals surface area (Å²) in [5.74, 6) is -0.0849. The lowest BCUT2D eigenvalue weighted by atomic mass is 10.2. The van der Waals surface area contributed by atoms with E-state index in [1.807, 2.05) is 0 Å². The van der Waals surface area contributed by atoms with Gasteiger partial charge in [0.15, 0.2) is 12.9 Å². The van der Waals surface area contributed by atoms with Gasteiger partial charge in [0.2, 0.25) is 11.8 Å². The average Bonchev–Trinajstić information content (AvgIpc) is 3.40. The number of carbonyl (C=O) groups excluding carboxylic acids is 1. The van der Waals surface area contributed by atoms with E-state index in [0.717, 1.165) is 18.4 Å². The molecule has 2 heterocycles. The van der Waals surface area contributed by atoms with Crippen molar-refractivity contribution in [1.82, 2.24) is 15.2 Å². The van der Waals surface area contributed by atoms with Crippen LogP contribution in [0.15, 0.2) is 34.0 Å². The van der Waals surface area contributed by atoms with Gasteiger partial charge >= 0.3 is 6.18 Å². The molecule has 1 aromatic heterocycles.